The number of hydrogen-bond acceptors (Lipinski definition) is 4. The second-order valence-electron chi connectivity index (χ2n) is 6.52. The molecule has 1 amide bonds. The zero-order valence-corrected chi connectivity index (χ0v) is 14.7. The molecule has 24 heavy (non-hydrogen) atoms. The highest BCUT2D eigenvalue weighted by Gasteiger charge is 2.42. The maximum atomic E-state index is 13.0. The molecule has 5 nitrogen and oxygen atoms in total. The quantitative estimate of drug-likeness (QED) is 0.859. The minimum Gasteiger partial charge on any atom is -0.497 e. The Morgan fingerprint density at radius 1 is 1.50 bits per heavy atom. The van der Waals surface area contributed by atoms with E-state index in [1.807, 2.05) is 6.92 Å². The summed E-state index contributed by atoms with van der Waals surface area (Å²) in [7, 11) is 1.55. The van der Waals surface area contributed by atoms with E-state index in [4.69, 9.17) is 9.47 Å². The molecule has 1 aliphatic carbocycles. The summed E-state index contributed by atoms with van der Waals surface area (Å²) in [5.74, 6) is 0.893. The van der Waals surface area contributed by atoms with Gasteiger partial charge < -0.3 is 14.8 Å². The summed E-state index contributed by atoms with van der Waals surface area (Å²) < 4.78 is 11.2. The van der Waals surface area contributed by atoms with Crippen molar-refractivity contribution < 1.29 is 14.3 Å². The minimum atomic E-state index is -0.791. The Morgan fingerprint density at radius 3 is 2.92 bits per heavy atom. The SMILES string of the molecule is CCCO[C@]1(C(=O)Nc2ccc(OC)cc2C#N)CCC[C@H](C)C1. The standard InChI is InChI=1S/C19H26N2O3/c1-4-10-24-19(9-5-6-14(2)12-19)18(22)21-17-8-7-16(23-3)11-15(17)13-20/h7-8,11,14H,4-6,9-10,12H2,1-3H3,(H,21,22)/t14-,19+/m0/s1. The molecule has 0 heterocycles. The molecule has 0 unspecified atom stereocenters. The molecule has 1 N–H and O–H groups in total. The first kappa shape index (κ1) is 18.3. The average molecular weight is 330 g/mol. The topological polar surface area (TPSA) is 71.3 Å². The largest absolute Gasteiger partial charge is 0.497 e. The van der Waals surface area contributed by atoms with E-state index in [0.29, 0.717) is 29.5 Å². The maximum Gasteiger partial charge on any atom is 0.256 e. The van der Waals surface area contributed by atoms with Crippen molar-refractivity contribution in [2.45, 2.75) is 51.6 Å². The van der Waals surface area contributed by atoms with Gasteiger partial charge in [-0.2, -0.15) is 5.26 Å². The van der Waals surface area contributed by atoms with E-state index in [-0.39, 0.29) is 5.91 Å². The summed E-state index contributed by atoms with van der Waals surface area (Å²) in [5.41, 5.74) is 0.0959. The molecule has 1 aliphatic rings. The molecule has 1 aromatic carbocycles. The second-order valence-corrected chi connectivity index (χ2v) is 6.52. The highest BCUT2D eigenvalue weighted by Crippen LogP contribution is 2.36. The van der Waals surface area contributed by atoms with Crippen molar-refractivity contribution in [3.8, 4) is 11.8 Å². The highest BCUT2D eigenvalue weighted by molar-refractivity contribution is 5.98. The lowest BCUT2D eigenvalue weighted by molar-refractivity contribution is -0.148. The number of anilines is 1. The van der Waals surface area contributed by atoms with Crippen molar-refractivity contribution >= 4 is 11.6 Å². The first-order valence-electron chi connectivity index (χ1n) is 8.58. The van der Waals surface area contributed by atoms with Crippen LogP contribution in [0.25, 0.3) is 0 Å². The first-order chi connectivity index (χ1) is 11.5. The number of hydrogen-bond donors (Lipinski definition) is 1. The van der Waals surface area contributed by atoms with Gasteiger partial charge in [0.1, 0.15) is 17.4 Å². The molecule has 0 saturated heterocycles. The number of carbonyl (C=O) groups excluding carboxylic acids is 1. The number of benzene rings is 1. The number of ether oxygens (including phenoxy) is 2. The Kier molecular flexibility index (Phi) is 6.22. The van der Waals surface area contributed by atoms with Gasteiger partial charge in [0.05, 0.1) is 18.4 Å². The van der Waals surface area contributed by atoms with Crippen molar-refractivity contribution in [1.82, 2.24) is 0 Å². The van der Waals surface area contributed by atoms with Crippen LogP contribution in [0.5, 0.6) is 5.75 Å². The molecule has 5 heteroatoms. The van der Waals surface area contributed by atoms with Crippen molar-refractivity contribution in [1.29, 1.82) is 5.26 Å². The Bertz CT molecular complexity index is 624. The monoisotopic (exact) mass is 330 g/mol. The Balaban J connectivity index is 2.23. The van der Waals surface area contributed by atoms with Crippen molar-refractivity contribution in [2.24, 2.45) is 5.92 Å². The zero-order valence-electron chi connectivity index (χ0n) is 14.7. The van der Waals surface area contributed by atoms with E-state index in [1.165, 1.54) is 0 Å². The van der Waals surface area contributed by atoms with Crippen LogP contribution in [-0.2, 0) is 9.53 Å². The molecule has 0 bridgehead atoms. The smallest absolute Gasteiger partial charge is 0.256 e. The number of amides is 1. The van der Waals surface area contributed by atoms with Crippen LogP contribution in [0, 0.1) is 17.2 Å². The molecule has 2 atom stereocenters. The first-order valence-corrected chi connectivity index (χ1v) is 8.58. The van der Waals surface area contributed by atoms with Crippen LogP contribution in [0.3, 0.4) is 0 Å². The third kappa shape index (κ3) is 4.07. The van der Waals surface area contributed by atoms with Gasteiger partial charge in [-0.3, -0.25) is 4.79 Å². The predicted octanol–water partition coefficient (Wildman–Crippen LogP) is 3.88. The number of nitrogens with zero attached hydrogens (tertiary/aromatic N) is 1. The van der Waals surface area contributed by atoms with Crippen LogP contribution in [0.1, 0.15) is 51.5 Å². The molecule has 1 fully saturated rings. The number of nitrogens with one attached hydrogen (secondary N) is 1. The third-order valence-electron chi connectivity index (χ3n) is 4.55. The summed E-state index contributed by atoms with van der Waals surface area (Å²) in [6.45, 7) is 4.76. The predicted molar refractivity (Wildman–Crippen MR) is 92.9 cm³/mol. The van der Waals surface area contributed by atoms with Gasteiger partial charge in [0.2, 0.25) is 0 Å². The van der Waals surface area contributed by atoms with Gasteiger partial charge in [0.15, 0.2) is 0 Å². The number of nitriles is 1. The Morgan fingerprint density at radius 2 is 2.29 bits per heavy atom. The third-order valence-corrected chi connectivity index (χ3v) is 4.55. The Labute approximate surface area is 144 Å². The molecule has 0 aromatic heterocycles. The lowest BCUT2D eigenvalue weighted by Crippen LogP contribution is -2.48. The molecular weight excluding hydrogens is 304 g/mol. The second kappa shape index (κ2) is 8.16. The molecular formula is C19H26N2O3. The van der Waals surface area contributed by atoms with Gasteiger partial charge in [-0.25, -0.2) is 0 Å². The number of methoxy groups -OCH3 is 1. The van der Waals surface area contributed by atoms with Crippen LogP contribution in [-0.4, -0.2) is 25.2 Å². The van der Waals surface area contributed by atoms with Crippen LogP contribution in [0.2, 0.25) is 0 Å². The molecule has 0 radical (unpaired) electrons. The van der Waals surface area contributed by atoms with Gasteiger partial charge in [-0.05, 0) is 49.8 Å². The molecule has 1 aromatic rings. The fourth-order valence-electron chi connectivity index (χ4n) is 3.29. The van der Waals surface area contributed by atoms with E-state index in [1.54, 1.807) is 25.3 Å². The fraction of sp³-hybridized carbons (Fsp3) is 0.579. The molecule has 1 saturated carbocycles. The fourth-order valence-corrected chi connectivity index (χ4v) is 3.29. The van der Waals surface area contributed by atoms with Gasteiger partial charge in [0.25, 0.3) is 5.91 Å². The van der Waals surface area contributed by atoms with Gasteiger partial charge >= 0.3 is 0 Å². The van der Waals surface area contributed by atoms with Crippen molar-refractivity contribution in [3.63, 3.8) is 0 Å². The summed E-state index contributed by atoms with van der Waals surface area (Å²) in [6, 6.07) is 7.17. The zero-order chi connectivity index (χ0) is 17.6. The van der Waals surface area contributed by atoms with Crippen molar-refractivity contribution in [3.05, 3.63) is 23.8 Å². The normalized spacial score (nSPS) is 23.3. The number of carbonyl (C=O) groups is 1. The van der Waals surface area contributed by atoms with E-state index in [9.17, 15) is 10.1 Å². The van der Waals surface area contributed by atoms with Crippen LogP contribution in [0.4, 0.5) is 5.69 Å². The molecule has 0 spiro atoms. The van der Waals surface area contributed by atoms with Gasteiger partial charge in [-0.15, -0.1) is 0 Å². The van der Waals surface area contributed by atoms with Crippen LogP contribution < -0.4 is 10.1 Å². The van der Waals surface area contributed by atoms with Gasteiger partial charge in [0, 0.05) is 6.61 Å². The summed E-state index contributed by atoms with van der Waals surface area (Å²) in [5, 5.41) is 12.2. The Hall–Kier alpha value is -2.06. The lowest BCUT2D eigenvalue weighted by Gasteiger charge is -2.38. The van der Waals surface area contributed by atoms with Gasteiger partial charge in [-0.1, -0.05) is 20.3 Å². The van der Waals surface area contributed by atoms with Crippen molar-refractivity contribution in [2.75, 3.05) is 19.0 Å². The summed E-state index contributed by atoms with van der Waals surface area (Å²) in [4.78, 5) is 13.0. The maximum absolute atomic E-state index is 13.0. The number of rotatable bonds is 6. The average Bonchev–Trinajstić information content (AvgIpc) is 2.60. The summed E-state index contributed by atoms with van der Waals surface area (Å²) >= 11 is 0. The lowest BCUT2D eigenvalue weighted by atomic mass is 9.78. The molecule has 2 rings (SSSR count). The van der Waals surface area contributed by atoms with E-state index in [0.717, 1.165) is 32.1 Å². The molecule has 0 aliphatic heterocycles. The molecule has 130 valence electrons. The van der Waals surface area contributed by atoms with Crippen LogP contribution in [0.15, 0.2) is 18.2 Å². The van der Waals surface area contributed by atoms with E-state index >= 15 is 0 Å². The highest BCUT2D eigenvalue weighted by atomic mass is 16.5. The van der Waals surface area contributed by atoms with E-state index < -0.39 is 5.60 Å². The summed E-state index contributed by atoms with van der Waals surface area (Å²) in [6.07, 6.45) is 4.41. The minimum absolute atomic E-state index is 0.149. The van der Waals surface area contributed by atoms with Crippen LogP contribution >= 0.6 is 0 Å². The van der Waals surface area contributed by atoms with E-state index in [2.05, 4.69) is 18.3 Å².